The van der Waals surface area contributed by atoms with Gasteiger partial charge in [0, 0.05) is 12.6 Å². The van der Waals surface area contributed by atoms with Gasteiger partial charge in [0.15, 0.2) is 0 Å². The van der Waals surface area contributed by atoms with Gasteiger partial charge in [0.1, 0.15) is 0 Å². The predicted molar refractivity (Wildman–Crippen MR) is 77.4 cm³/mol. The lowest BCUT2D eigenvalue weighted by molar-refractivity contribution is 0.277. The zero-order valence-corrected chi connectivity index (χ0v) is 11.8. The van der Waals surface area contributed by atoms with Crippen molar-refractivity contribution in [3.05, 3.63) is 12.3 Å². The van der Waals surface area contributed by atoms with Crippen LogP contribution in [-0.2, 0) is 0 Å². The number of nitrogens with zero attached hydrogens (tertiary/aromatic N) is 1. The molecule has 3 unspecified atom stereocenters. The first kappa shape index (κ1) is 12.6. The summed E-state index contributed by atoms with van der Waals surface area (Å²) in [7, 11) is 0. The van der Waals surface area contributed by atoms with E-state index in [0.717, 1.165) is 6.04 Å². The molecule has 102 valence electrons. The van der Waals surface area contributed by atoms with Crippen molar-refractivity contribution in [1.82, 2.24) is 4.90 Å². The Hall–Kier alpha value is -0.460. The minimum atomic E-state index is 0.912. The largest absolute Gasteiger partial charge is 0.375 e. The van der Waals surface area contributed by atoms with Gasteiger partial charge in [-0.05, 0) is 43.7 Å². The van der Waals surface area contributed by atoms with Crippen molar-refractivity contribution in [1.29, 1.82) is 0 Å². The molecule has 3 fully saturated rings. The Bertz CT molecular complexity index is 271. The maximum absolute atomic E-state index is 2.49. The van der Waals surface area contributed by atoms with Crippen molar-refractivity contribution in [2.24, 2.45) is 11.8 Å². The number of allylic oxidation sites excluding steroid dienone is 1. The molecule has 3 atom stereocenters. The van der Waals surface area contributed by atoms with Crippen molar-refractivity contribution in [2.75, 3.05) is 6.54 Å². The highest BCUT2D eigenvalue weighted by atomic mass is 15.2. The fraction of sp³-hybridized carbons (Fsp3) is 0.882. The summed E-state index contributed by atoms with van der Waals surface area (Å²) < 4.78 is 0. The van der Waals surface area contributed by atoms with Gasteiger partial charge in [0.2, 0.25) is 0 Å². The molecular weight excluding hydrogens is 218 g/mol. The van der Waals surface area contributed by atoms with E-state index in [0.29, 0.717) is 0 Å². The maximum Gasteiger partial charge on any atom is 0.0287 e. The minimum absolute atomic E-state index is 0.912. The van der Waals surface area contributed by atoms with Crippen LogP contribution >= 0.6 is 0 Å². The van der Waals surface area contributed by atoms with Crippen LogP contribution in [0.3, 0.4) is 0 Å². The van der Waals surface area contributed by atoms with Gasteiger partial charge in [0.05, 0.1) is 0 Å². The quantitative estimate of drug-likeness (QED) is 0.598. The smallest absolute Gasteiger partial charge is 0.0287 e. The van der Waals surface area contributed by atoms with E-state index in [9.17, 15) is 0 Å². The summed E-state index contributed by atoms with van der Waals surface area (Å²) in [6.07, 6.45) is 21.0. The lowest BCUT2D eigenvalue weighted by atomic mass is 9.82. The Morgan fingerprint density at radius 1 is 0.722 bits per heavy atom. The Morgan fingerprint density at radius 3 is 2.17 bits per heavy atom. The zero-order chi connectivity index (χ0) is 12.2. The van der Waals surface area contributed by atoms with Gasteiger partial charge in [-0.3, -0.25) is 0 Å². The highest BCUT2D eigenvalue weighted by molar-refractivity contribution is 4.96. The van der Waals surface area contributed by atoms with Gasteiger partial charge in [-0.25, -0.2) is 0 Å². The van der Waals surface area contributed by atoms with Gasteiger partial charge in [-0.2, -0.15) is 0 Å². The predicted octanol–water partition coefficient (Wildman–Crippen LogP) is 4.74. The first-order chi connectivity index (χ1) is 8.93. The molecule has 0 radical (unpaired) electrons. The van der Waals surface area contributed by atoms with Crippen molar-refractivity contribution in [2.45, 2.75) is 76.7 Å². The summed E-state index contributed by atoms with van der Waals surface area (Å²) in [5, 5.41) is 0. The number of fused-ring (bicyclic) bond motifs is 2. The Morgan fingerprint density at radius 2 is 1.44 bits per heavy atom. The summed E-state index contributed by atoms with van der Waals surface area (Å²) in [5.41, 5.74) is 0. The molecule has 2 aliphatic heterocycles. The van der Waals surface area contributed by atoms with E-state index in [4.69, 9.17) is 0 Å². The number of rotatable bonds is 0. The minimum Gasteiger partial charge on any atom is -0.375 e. The summed E-state index contributed by atoms with van der Waals surface area (Å²) in [4.78, 5) is 2.49. The second-order valence-electron chi connectivity index (χ2n) is 6.73. The van der Waals surface area contributed by atoms with Crippen LogP contribution in [0.25, 0.3) is 0 Å². The van der Waals surface area contributed by atoms with Crippen LogP contribution in [0.5, 0.6) is 0 Å². The van der Waals surface area contributed by atoms with Crippen molar-refractivity contribution < 1.29 is 0 Å². The molecule has 2 saturated carbocycles. The second-order valence-corrected chi connectivity index (χ2v) is 6.73. The van der Waals surface area contributed by atoms with Gasteiger partial charge in [-0.1, -0.05) is 51.0 Å². The molecule has 4 rings (SSSR count). The van der Waals surface area contributed by atoms with E-state index in [1.165, 1.54) is 63.3 Å². The topological polar surface area (TPSA) is 3.24 Å². The van der Waals surface area contributed by atoms with E-state index in [1.54, 1.807) is 25.7 Å². The Labute approximate surface area is 113 Å². The fourth-order valence-corrected chi connectivity index (χ4v) is 4.55. The molecule has 4 aliphatic rings. The molecule has 0 N–H and O–H groups in total. The second kappa shape index (κ2) is 6.12. The summed E-state index contributed by atoms with van der Waals surface area (Å²) in [5.74, 6) is 2.33. The zero-order valence-electron chi connectivity index (χ0n) is 11.8. The number of hydrogen-bond donors (Lipinski definition) is 0. The van der Waals surface area contributed by atoms with Crippen LogP contribution < -0.4 is 0 Å². The van der Waals surface area contributed by atoms with Crippen LogP contribution in [-0.4, -0.2) is 17.5 Å². The summed E-state index contributed by atoms with van der Waals surface area (Å²) >= 11 is 0. The molecule has 0 spiro atoms. The molecule has 1 nitrogen and oxygen atoms in total. The van der Waals surface area contributed by atoms with Crippen molar-refractivity contribution in [3.63, 3.8) is 0 Å². The monoisotopic (exact) mass is 247 g/mol. The summed E-state index contributed by atoms with van der Waals surface area (Å²) in [6, 6.07) is 0.912. The maximum atomic E-state index is 2.49. The van der Waals surface area contributed by atoms with Crippen molar-refractivity contribution in [3.8, 4) is 0 Å². The Kier molecular flexibility index (Phi) is 4.28. The molecule has 0 aromatic heterocycles. The molecule has 2 aliphatic carbocycles. The lowest BCUT2D eigenvalue weighted by Crippen LogP contribution is -2.25. The third-order valence-corrected chi connectivity index (χ3v) is 5.60. The average molecular weight is 247 g/mol. The molecular formula is C17H29N. The normalized spacial score (nSPS) is 37.8. The van der Waals surface area contributed by atoms with Crippen LogP contribution in [0.15, 0.2) is 12.3 Å². The molecule has 0 amide bonds. The van der Waals surface area contributed by atoms with Crippen molar-refractivity contribution >= 4 is 0 Å². The van der Waals surface area contributed by atoms with Gasteiger partial charge < -0.3 is 4.90 Å². The van der Waals surface area contributed by atoms with Gasteiger partial charge in [-0.15, -0.1) is 0 Å². The molecule has 0 aromatic carbocycles. The van der Waals surface area contributed by atoms with Crippen LogP contribution in [0.4, 0.5) is 0 Å². The van der Waals surface area contributed by atoms with E-state index >= 15 is 0 Å². The molecule has 18 heavy (non-hydrogen) atoms. The molecule has 1 saturated heterocycles. The molecule has 0 bridgehead atoms. The fourth-order valence-electron chi connectivity index (χ4n) is 4.55. The molecule has 2 heterocycles. The van der Waals surface area contributed by atoms with E-state index < -0.39 is 0 Å². The third kappa shape index (κ3) is 2.92. The standard InChI is InChI=1S/C9H16.C8H13N/c1-2-5-9-7-3-6-8(9)4-1;1-2-6-9-7-3-5-8(9)4-1/h8-9H,1-7H2;2,6,8H,1,3-5,7H2. The van der Waals surface area contributed by atoms with Gasteiger partial charge in [0.25, 0.3) is 0 Å². The molecule has 0 aromatic rings. The van der Waals surface area contributed by atoms with Crippen LogP contribution in [0, 0.1) is 11.8 Å². The highest BCUT2D eigenvalue weighted by Crippen LogP contribution is 2.41. The summed E-state index contributed by atoms with van der Waals surface area (Å²) in [6.45, 7) is 1.31. The van der Waals surface area contributed by atoms with E-state index in [2.05, 4.69) is 17.2 Å². The van der Waals surface area contributed by atoms with Gasteiger partial charge >= 0.3 is 0 Å². The van der Waals surface area contributed by atoms with E-state index in [1.807, 2.05) is 0 Å². The average Bonchev–Trinajstić information content (AvgIpc) is 3.08. The molecule has 1 heteroatoms. The first-order valence-corrected chi connectivity index (χ1v) is 8.36. The third-order valence-electron chi connectivity index (χ3n) is 5.60. The highest BCUT2D eigenvalue weighted by Gasteiger charge is 2.28. The SMILES string of the molecule is C1=CN2CCCC2CC1.C1CCC2CCCC2C1. The van der Waals surface area contributed by atoms with E-state index in [-0.39, 0.29) is 0 Å². The Balaban J connectivity index is 0.000000111. The lowest BCUT2D eigenvalue weighted by Gasteiger charge is -2.25. The van der Waals surface area contributed by atoms with Crippen LogP contribution in [0.1, 0.15) is 70.6 Å². The van der Waals surface area contributed by atoms with Crippen LogP contribution in [0.2, 0.25) is 0 Å². The first-order valence-electron chi connectivity index (χ1n) is 8.36. The number of hydrogen-bond acceptors (Lipinski definition) is 1.